The number of carbonyl (C=O) groups excluding carboxylic acids is 2. The van der Waals surface area contributed by atoms with E-state index < -0.39 is 34.0 Å². The first-order valence-electron chi connectivity index (χ1n) is 14.8. The summed E-state index contributed by atoms with van der Waals surface area (Å²) in [5.74, 6) is -1.42. The molecule has 3 aromatic rings. The van der Waals surface area contributed by atoms with Gasteiger partial charge in [0.1, 0.15) is 5.03 Å². The van der Waals surface area contributed by atoms with Crippen molar-refractivity contribution in [3.8, 4) is 5.69 Å². The Labute approximate surface area is 266 Å². The van der Waals surface area contributed by atoms with E-state index in [0.717, 1.165) is 45.3 Å². The van der Waals surface area contributed by atoms with Gasteiger partial charge < -0.3 is 25.2 Å². The Morgan fingerprint density at radius 1 is 1.04 bits per heavy atom. The van der Waals surface area contributed by atoms with Crippen molar-refractivity contribution in [3.63, 3.8) is 0 Å². The van der Waals surface area contributed by atoms with Crippen LogP contribution in [0.3, 0.4) is 0 Å². The largest absolute Gasteiger partial charge is 0.417 e. The van der Waals surface area contributed by atoms with Crippen LogP contribution in [0.15, 0.2) is 41.7 Å². The number of hydrogen-bond acceptors (Lipinski definition) is 10. The van der Waals surface area contributed by atoms with Crippen molar-refractivity contribution in [2.75, 3.05) is 89.1 Å². The minimum absolute atomic E-state index is 0.0920. The summed E-state index contributed by atoms with van der Waals surface area (Å²) >= 11 is 0. The Morgan fingerprint density at radius 3 is 2.48 bits per heavy atom. The topological polar surface area (TPSA) is 138 Å². The molecule has 5 rings (SSSR count). The van der Waals surface area contributed by atoms with E-state index in [1.54, 1.807) is 18.2 Å². The minimum atomic E-state index is -4.88. The highest BCUT2D eigenvalue weighted by atomic mass is 32.2. The molecule has 2 fully saturated rings. The molecule has 1 aromatic carbocycles. The van der Waals surface area contributed by atoms with E-state index >= 15 is 0 Å². The molecule has 4 heterocycles. The summed E-state index contributed by atoms with van der Waals surface area (Å²) in [7, 11) is 0.213. The van der Waals surface area contributed by atoms with Gasteiger partial charge in [0.05, 0.1) is 58.4 Å². The Bertz CT molecular complexity index is 1570. The lowest BCUT2D eigenvalue weighted by molar-refractivity contribution is -0.138. The summed E-state index contributed by atoms with van der Waals surface area (Å²) in [5.41, 5.74) is -0.569. The standard InChI is InChI=1S/C29H36F3N9O4S/c1-38-8-10-40(11-9-38)25-5-4-20(41-19-24(36-37-41)28(43)33-6-3-7-39-12-14-45-15-13-39)16-23(25)35-27(42)21-18-34-26(46(2)44)17-22(21)29(30,31)32/h4-5,16-19H,3,6-15H2,1-2H3,(H,33,43)(H,35,42). The molecule has 0 aliphatic carbocycles. The smallest absolute Gasteiger partial charge is 0.379 e. The maximum atomic E-state index is 14.0. The Hall–Kier alpha value is -3.93. The van der Waals surface area contributed by atoms with Crippen LogP contribution in [0, 0.1) is 0 Å². The normalized spacial score (nSPS) is 17.1. The number of piperazine rings is 1. The number of pyridine rings is 1. The van der Waals surface area contributed by atoms with Crippen LogP contribution in [0.4, 0.5) is 24.5 Å². The van der Waals surface area contributed by atoms with Crippen molar-refractivity contribution in [1.82, 2.24) is 35.1 Å². The monoisotopic (exact) mass is 663 g/mol. The molecular weight excluding hydrogens is 627 g/mol. The van der Waals surface area contributed by atoms with Crippen LogP contribution in [0.1, 0.15) is 32.8 Å². The van der Waals surface area contributed by atoms with Crippen molar-refractivity contribution in [3.05, 3.63) is 53.5 Å². The first-order valence-corrected chi connectivity index (χ1v) is 16.4. The lowest BCUT2D eigenvalue weighted by Crippen LogP contribution is -2.44. The lowest BCUT2D eigenvalue weighted by atomic mass is 10.1. The zero-order valence-electron chi connectivity index (χ0n) is 25.5. The molecule has 2 aliphatic rings. The van der Waals surface area contributed by atoms with Gasteiger partial charge in [-0.1, -0.05) is 5.21 Å². The van der Waals surface area contributed by atoms with Gasteiger partial charge in [-0.15, -0.1) is 5.10 Å². The van der Waals surface area contributed by atoms with E-state index in [1.165, 1.54) is 17.1 Å². The number of ether oxygens (including phenoxy) is 1. The number of aromatic nitrogens is 4. The molecule has 1 atom stereocenters. The fourth-order valence-electron chi connectivity index (χ4n) is 5.20. The minimum Gasteiger partial charge on any atom is -0.379 e. The maximum Gasteiger partial charge on any atom is 0.417 e. The molecule has 2 aliphatic heterocycles. The quantitative estimate of drug-likeness (QED) is 0.310. The molecule has 0 spiro atoms. The van der Waals surface area contributed by atoms with Crippen LogP contribution >= 0.6 is 0 Å². The van der Waals surface area contributed by atoms with Crippen molar-refractivity contribution in [2.45, 2.75) is 17.6 Å². The molecule has 0 bridgehead atoms. The summed E-state index contributed by atoms with van der Waals surface area (Å²) in [5, 5.41) is 13.3. The van der Waals surface area contributed by atoms with E-state index in [4.69, 9.17) is 4.74 Å². The van der Waals surface area contributed by atoms with Gasteiger partial charge in [-0.2, -0.15) is 13.2 Å². The molecule has 2 N–H and O–H groups in total. The second-order valence-electron chi connectivity index (χ2n) is 11.1. The van der Waals surface area contributed by atoms with Gasteiger partial charge in [0.15, 0.2) is 5.69 Å². The number of amides is 2. The zero-order valence-corrected chi connectivity index (χ0v) is 26.4. The molecular formula is C29H36F3N9O4S. The lowest BCUT2D eigenvalue weighted by Gasteiger charge is -2.35. The Kier molecular flexibility index (Phi) is 10.7. The van der Waals surface area contributed by atoms with Crippen molar-refractivity contribution < 1.29 is 31.7 Å². The summed E-state index contributed by atoms with van der Waals surface area (Å²) in [6, 6.07) is 5.68. The Balaban J connectivity index is 1.36. The predicted molar refractivity (Wildman–Crippen MR) is 165 cm³/mol. The molecule has 0 radical (unpaired) electrons. The summed E-state index contributed by atoms with van der Waals surface area (Å²) in [6.45, 7) is 7.21. The molecule has 0 saturated carbocycles. The van der Waals surface area contributed by atoms with Crippen LogP contribution in [-0.4, -0.2) is 125 Å². The number of rotatable bonds is 10. The maximum absolute atomic E-state index is 14.0. The predicted octanol–water partition coefficient (Wildman–Crippen LogP) is 1.87. The van der Waals surface area contributed by atoms with Gasteiger partial charge in [0.25, 0.3) is 11.8 Å². The number of hydrogen-bond donors (Lipinski definition) is 2. The molecule has 248 valence electrons. The van der Waals surface area contributed by atoms with Crippen LogP contribution in [0.2, 0.25) is 0 Å². The molecule has 13 nitrogen and oxygen atoms in total. The zero-order chi connectivity index (χ0) is 32.8. The van der Waals surface area contributed by atoms with Gasteiger partial charge in [-0.25, -0.2) is 9.67 Å². The highest BCUT2D eigenvalue weighted by molar-refractivity contribution is 7.84. The van der Waals surface area contributed by atoms with Gasteiger partial charge in [0, 0.05) is 58.3 Å². The van der Waals surface area contributed by atoms with E-state index in [9.17, 15) is 27.0 Å². The van der Waals surface area contributed by atoms with E-state index in [-0.39, 0.29) is 22.3 Å². The summed E-state index contributed by atoms with van der Waals surface area (Å²) in [6.07, 6.45) is -0.671. The third kappa shape index (κ3) is 8.26. The third-order valence-electron chi connectivity index (χ3n) is 7.83. The third-order valence-corrected chi connectivity index (χ3v) is 8.64. The molecule has 46 heavy (non-hydrogen) atoms. The first kappa shape index (κ1) is 33.4. The molecule has 1 unspecified atom stereocenters. The fraction of sp³-hybridized carbons (Fsp3) is 0.483. The van der Waals surface area contributed by atoms with E-state index in [0.29, 0.717) is 50.3 Å². The number of carbonyl (C=O) groups is 2. The number of morpholine rings is 1. The van der Waals surface area contributed by atoms with E-state index in [2.05, 4.69) is 35.7 Å². The fourth-order valence-corrected chi connectivity index (χ4v) is 5.69. The summed E-state index contributed by atoms with van der Waals surface area (Å²) in [4.78, 5) is 36.4. The summed E-state index contributed by atoms with van der Waals surface area (Å²) < 4.78 is 60.4. The average molecular weight is 664 g/mol. The average Bonchev–Trinajstić information content (AvgIpc) is 3.54. The van der Waals surface area contributed by atoms with Crippen molar-refractivity contribution >= 4 is 34.0 Å². The Morgan fingerprint density at radius 2 is 1.78 bits per heavy atom. The SMILES string of the molecule is CN1CCN(c2ccc(-n3cc(C(=O)NCCCN4CCOCC4)nn3)cc2NC(=O)c2cnc(S(C)=O)cc2C(F)(F)F)CC1. The second kappa shape index (κ2) is 14.7. The van der Waals surface area contributed by atoms with Crippen LogP contribution < -0.4 is 15.5 Å². The number of halogens is 3. The molecule has 2 amide bonds. The highest BCUT2D eigenvalue weighted by Crippen LogP contribution is 2.34. The first-order chi connectivity index (χ1) is 22.0. The van der Waals surface area contributed by atoms with Crippen molar-refractivity contribution in [1.29, 1.82) is 0 Å². The highest BCUT2D eigenvalue weighted by Gasteiger charge is 2.36. The van der Waals surface area contributed by atoms with Gasteiger partial charge >= 0.3 is 6.18 Å². The van der Waals surface area contributed by atoms with Gasteiger partial charge in [0.2, 0.25) is 0 Å². The number of likely N-dealkylation sites (N-methyl/N-ethyl adjacent to an activating group) is 1. The number of nitrogens with one attached hydrogen (secondary N) is 2. The van der Waals surface area contributed by atoms with Crippen molar-refractivity contribution in [2.24, 2.45) is 0 Å². The number of alkyl halides is 3. The molecule has 2 saturated heterocycles. The van der Waals surface area contributed by atoms with Gasteiger partial charge in [-0.05, 0) is 44.3 Å². The number of benzene rings is 1. The van der Waals surface area contributed by atoms with E-state index in [1.807, 2.05) is 11.9 Å². The van der Waals surface area contributed by atoms with Crippen LogP contribution in [-0.2, 0) is 21.7 Å². The molecule has 2 aromatic heterocycles. The number of anilines is 2. The van der Waals surface area contributed by atoms with Crippen LogP contribution in [0.25, 0.3) is 5.69 Å². The van der Waals surface area contributed by atoms with Gasteiger partial charge in [-0.3, -0.25) is 18.7 Å². The second-order valence-corrected chi connectivity index (χ2v) is 12.4. The number of nitrogens with zero attached hydrogens (tertiary/aromatic N) is 7. The van der Waals surface area contributed by atoms with Crippen LogP contribution in [0.5, 0.6) is 0 Å². The molecule has 17 heteroatoms.